The number of carbonyl (C=O) groups excluding carboxylic acids is 1. The van der Waals surface area contributed by atoms with E-state index in [9.17, 15) is 13.2 Å². The Morgan fingerprint density at radius 1 is 1.35 bits per heavy atom. The van der Waals surface area contributed by atoms with Crippen molar-refractivity contribution in [3.05, 3.63) is 35.2 Å². The number of rotatable bonds is 1. The fraction of sp³-hybridized carbons (Fsp3) is 0.357. The summed E-state index contributed by atoms with van der Waals surface area (Å²) in [6, 6.07) is 7.36. The highest BCUT2D eigenvalue weighted by atomic mass is 32.2. The molecule has 4 nitrogen and oxygen atoms in total. The van der Waals surface area contributed by atoms with E-state index < -0.39 is 9.84 Å². The second-order valence-electron chi connectivity index (χ2n) is 5.14. The highest BCUT2D eigenvalue weighted by Crippen LogP contribution is 2.23. The molecule has 0 saturated carbocycles. The van der Waals surface area contributed by atoms with Crippen molar-refractivity contribution >= 4 is 37.2 Å². The van der Waals surface area contributed by atoms with Gasteiger partial charge in [-0.1, -0.05) is 0 Å². The Morgan fingerprint density at radius 2 is 2.15 bits per heavy atom. The molecule has 0 bridgehead atoms. The number of benzene rings is 1. The molecular weight excluding hydrogens is 294 g/mol. The molecule has 0 N–H and O–H groups in total. The molecule has 1 aliphatic rings. The van der Waals surface area contributed by atoms with Crippen LogP contribution in [0.5, 0.6) is 0 Å². The zero-order chi connectivity index (χ0) is 14.3. The van der Waals surface area contributed by atoms with Crippen LogP contribution in [0.3, 0.4) is 0 Å². The highest BCUT2D eigenvalue weighted by molar-refractivity contribution is 7.91. The van der Waals surface area contributed by atoms with Crippen molar-refractivity contribution in [3.8, 4) is 0 Å². The summed E-state index contributed by atoms with van der Waals surface area (Å²) in [6.45, 7) is 2.07. The van der Waals surface area contributed by atoms with Crippen LogP contribution in [0.15, 0.2) is 29.6 Å². The minimum atomic E-state index is -3.00. The van der Waals surface area contributed by atoms with Crippen LogP contribution in [0.4, 0.5) is 0 Å². The molecule has 1 aromatic carbocycles. The van der Waals surface area contributed by atoms with Crippen molar-refractivity contribution in [2.75, 3.05) is 18.1 Å². The molecule has 1 aliphatic heterocycles. The number of nitrogens with zero attached hydrogens (tertiary/aromatic N) is 1. The van der Waals surface area contributed by atoms with E-state index in [-0.39, 0.29) is 30.0 Å². The summed E-state index contributed by atoms with van der Waals surface area (Å²) >= 11 is 1.64. The third-order valence-corrected chi connectivity index (χ3v) is 6.32. The van der Waals surface area contributed by atoms with Crippen molar-refractivity contribution in [3.63, 3.8) is 0 Å². The molecule has 6 heteroatoms. The van der Waals surface area contributed by atoms with Gasteiger partial charge in [-0.25, -0.2) is 8.42 Å². The third-order valence-electron chi connectivity index (χ3n) is 3.63. The van der Waals surface area contributed by atoms with Gasteiger partial charge in [0.25, 0.3) is 5.91 Å². The molecule has 0 aliphatic carbocycles. The minimum absolute atomic E-state index is 0.0550. The maximum atomic E-state index is 12.5. The van der Waals surface area contributed by atoms with Gasteiger partial charge in [0.1, 0.15) is 0 Å². The largest absolute Gasteiger partial charge is 0.334 e. The van der Waals surface area contributed by atoms with Crippen LogP contribution in [0.25, 0.3) is 10.1 Å². The first-order valence-electron chi connectivity index (χ1n) is 6.45. The maximum Gasteiger partial charge on any atom is 0.254 e. The summed E-state index contributed by atoms with van der Waals surface area (Å²) < 4.78 is 24.3. The van der Waals surface area contributed by atoms with Crippen LogP contribution in [0, 0.1) is 0 Å². The number of sulfone groups is 1. The molecule has 0 radical (unpaired) electrons. The topological polar surface area (TPSA) is 54.5 Å². The Labute approximate surface area is 121 Å². The smallest absolute Gasteiger partial charge is 0.254 e. The van der Waals surface area contributed by atoms with Crippen molar-refractivity contribution in [1.29, 1.82) is 0 Å². The fourth-order valence-corrected chi connectivity index (χ4v) is 4.89. The van der Waals surface area contributed by atoms with Gasteiger partial charge in [-0.2, -0.15) is 0 Å². The van der Waals surface area contributed by atoms with Gasteiger partial charge in [0, 0.05) is 22.8 Å². The second-order valence-corrected chi connectivity index (χ2v) is 8.31. The van der Waals surface area contributed by atoms with Gasteiger partial charge in [0.15, 0.2) is 9.84 Å². The van der Waals surface area contributed by atoms with E-state index in [0.717, 1.165) is 10.1 Å². The van der Waals surface area contributed by atoms with Crippen LogP contribution in [-0.4, -0.2) is 43.3 Å². The van der Waals surface area contributed by atoms with Crippen LogP contribution in [0.2, 0.25) is 0 Å². The normalized spacial score (nSPS) is 22.1. The quantitative estimate of drug-likeness (QED) is 0.811. The van der Waals surface area contributed by atoms with Crippen LogP contribution >= 0.6 is 11.3 Å². The molecule has 106 valence electrons. The van der Waals surface area contributed by atoms with Crippen LogP contribution in [0.1, 0.15) is 17.3 Å². The van der Waals surface area contributed by atoms with Crippen LogP contribution in [-0.2, 0) is 9.84 Å². The zero-order valence-electron chi connectivity index (χ0n) is 11.1. The van der Waals surface area contributed by atoms with Crippen molar-refractivity contribution in [1.82, 2.24) is 4.90 Å². The maximum absolute atomic E-state index is 12.5. The van der Waals surface area contributed by atoms with Crippen molar-refractivity contribution in [2.24, 2.45) is 0 Å². The Hall–Kier alpha value is -1.40. The second kappa shape index (κ2) is 4.86. The first-order valence-corrected chi connectivity index (χ1v) is 9.15. The lowest BCUT2D eigenvalue weighted by molar-refractivity contribution is 0.0713. The molecular formula is C14H15NO3S2. The van der Waals surface area contributed by atoms with Gasteiger partial charge >= 0.3 is 0 Å². The molecule has 2 heterocycles. The molecule has 1 amide bonds. The summed E-state index contributed by atoms with van der Waals surface area (Å²) in [7, 11) is -3.00. The lowest BCUT2D eigenvalue weighted by Crippen LogP contribution is -2.49. The average Bonchev–Trinajstić information content (AvgIpc) is 2.84. The van der Waals surface area contributed by atoms with E-state index in [0.29, 0.717) is 5.56 Å². The predicted octanol–water partition coefficient (Wildman–Crippen LogP) is 2.16. The lowest BCUT2D eigenvalue weighted by Gasteiger charge is -2.33. The first-order chi connectivity index (χ1) is 9.46. The monoisotopic (exact) mass is 309 g/mol. The standard InChI is InChI=1S/C14H15NO3S2/c1-10-9-20(17,18)7-5-15(10)14(16)12-2-3-13-11(8-12)4-6-19-13/h2-4,6,8,10H,5,7,9H2,1H3/t10-/m1/s1. The third kappa shape index (κ3) is 2.45. The number of hydrogen-bond acceptors (Lipinski definition) is 4. The summed E-state index contributed by atoms with van der Waals surface area (Å²) in [4.78, 5) is 14.2. The van der Waals surface area contributed by atoms with Gasteiger partial charge in [-0.3, -0.25) is 4.79 Å². The Bertz CT molecular complexity index is 764. The van der Waals surface area contributed by atoms with Gasteiger partial charge in [0.2, 0.25) is 0 Å². The molecule has 1 saturated heterocycles. The van der Waals surface area contributed by atoms with E-state index >= 15 is 0 Å². The van der Waals surface area contributed by atoms with E-state index in [1.54, 1.807) is 23.2 Å². The summed E-state index contributed by atoms with van der Waals surface area (Å²) in [5.41, 5.74) is 0.627. The molecule has 0 spiro atoms. The Kier molecular flexibility index (Phi) is 3.30. The van der Waals surface area contributed by atoms with E-state index in [1.165, 1.54) is 0 Å². The van der Waals surface area contributed by atoms with Gasteiger partial charge in [-0.05, 0) is 42.0 Å². The first kappa shape index (κ1) is 13.6. The summed E-state index contributed by atoms with van der Waals surface area (Å²) in [5.74, 6) is 0.0314. The average molecular weight is 309 g/mol. The molecule has 3 rings (SSSR count). The predicted molar refractivity (Wildman–Crippen MR) is 81.0 cm³/mol. The summed E-state index contributed by atoms with van der Waals surface area (Å²) in [5, 5.41) is 3.05. The Balaban J connectivity index is 1.88. The number of amides is 1. The van der Waals surface area contributed by atoms with Gasteiger partial charge in [-0.15, -0.1) is 11.3 Å². The fourth-order valence-electron chi connectivity index (χ4n) is 2.57. The molecule has 0 unspecified atom stereocenters. The molecule has 2 aromatic rings. The molecule has 1 fully saturated rings. The van der Waals surface area contributed by atoms with Crippen molar-refractivity contribution < 1.29 is 13.2 Å². The number of carbonyl (C=O) groups is 1. The SMILES string of the molecule is C[C@@H]1CS(=O)(=O)CCN1C(=O)c1ccc2sccc2c1. The summed E-state index contributed by atoms with van der Waals surface area (Å²) in [6.07, 6.45) is 0. The lowest BCUT2D eigenvalue weighted by atomic mass is 10.1. The number of thiophene rings is 1. The van der Waals surface area contributed by atoms with E-state index in [1.807, 2.05) is 29.6 Å². The molecule has 1 aromatic heterocycles. The van der Waals surface area contributed by atoms with Gasteiger partial charge < -0.3 is 4.90 Å². The number of fused-ring (bicyclic) bond motifs is 1. The van der Waals surface area contributed by atoms with Gasteiger partial charge in [0.05, 0.1) is 11.5 Å². The number of hydrogen-bond donors (Lipinski definition) is 0. The zero-order valence-corrected chi connectivity index (χ0v) is 12.7. The van der Waals surface area contributed by atoms with E-state index in [4.69, 9.17) is 0 Å². The Morgan fingerprint density at radius 3 is 2.90 bits per heavy atom. The van der Waals surface area contributed by atoms with Crippen molar-refractivity contribution in [2.45, 2.75) is 13.0 Å². The molecule has 20 heavy (non-hydrogen) atoms. The molecule has 1 atom stereocenters. The highest BCUT2D eigenvalue weighted by Gasteiger charge is 2.31. The minimum Gasteiger partial charge on any atom is -0.334 e. The van der Waals surface area contributed by atoms with Crippen LogP contribution < -0.4 is 0 Å². The van der Waals surface area contributed by atoms with E-state index in [2.05, 4.69) is 0 Å².